The van der Waals surface area contributed by atoms with Crippen molar-refractivity contribution in [2.24, 2.45) is 5.92 Å². The summed E-state index contributed by atoms with van der Waals surface area (Å²) in [7, 11) is 1.94. The molecule has 27 heavy (non-hydrogen) atoms. The number of halogens is 1. The molecule has 6 nitrogen and oxygen atoms in total. The van der Waals surface area contributed by atoms with E-state index in [0.29, 0.717) is 28.9 Å². The zero-order valence-electron chi connectivity index (χ0n) is 16.1. The predicted octanol–water partition coefficient (Wildman–Crippen LogP) is 2.69. The summed E-state index contributed by atoms with van der Waals surface area (Å²) in [5.41, 5.74) is 0.296. The number of benzene rings is 1. The van der Waals surface area contributed by atoms with Gasteiger partial charge in [0, 0.05) is 25.0 Å². The molecule has 1 amide bonds. The van der Waals surface area contributed by atoms with E-state index in [1.54, 1.807) is 6.07 Å². The van der Waals surface area contributed by atoms with Crippen molar-refractivity contribution in [1.82, 2.24) is 20.0 Å². The molecule has 3 rings (SSSR count). The summed E-state index contributed by atoms with van der Waals surface area (Å²) < 4.78 is 1.48. The summed E-state index contributed by atoms with van der Waals surface area (Å²) in [6, 6.07) is 7.32. The van der Waals surface area contributed by atoms with Gasteiger partial charge in [-0.05, 0) is 38.4 Å². The highest BCUT2D eigenvalue weighted by Crippen LogP contribution is 2.21. The molecule has 1 aliphatic heterocycles. The van der Waals surface area contributed by atoms with Crippen molar-refractivity contribution >= 4 is 29.1 Å². The van der Waals surface area contributed by atoms with Crippen LogP contribution in [0.15, 0.2) is 29.1 Å². The molecule has 0 aliphatic carbocycles. The second kappa shape index (κ2) is 9.85. The van der Waals surface area contributed by atoms with Crippen molar-refractivity contribution in [2.45, 2.75) is 39.2 Å². The van der Waals surface area contributed by atoms with Gasteiger partial charge in [0.05, 0.1) is 5.39 Å². The van der Waals surface area contributed by atoms with Crippen LogP contribution >= 0.6 is 12.4 Å². The third kappa shape index (κ3) is 4.68. The van der Waals surface area contributed by atoms with Crippen LogP contribution in [0.2, 0.25) is 0 Å². The number of hydrogen-bond acceptors (Lipinski definition) is 4. The number of aromatic nitrogens is 2. The summed E-state index contributed by atoms with van der Waals surface area (Å²) >= 11 is 0. The van der Waals surface area contributed by atoms with E-state index in [2.05, 4.69) is 17.3 Å². The fraction of sp³-hybridized carbons (Fsp3) is 0.550. The van der Waals surface area contributed by atoms with Crippen molar-refractivity contribution in [3.8, 4) is 0 Å². The minimum absolute atomic E-state index is 0. The van der Waals surface area contributed by atoms with Gasteiger partial charge in [0.25, 0.3) is 11.5 Å². The molecular weight excluding hydrogens is 364 g/mol. The van der Waals surface area contributed by atoms with Crippen molar-refractivity contribution in [3.05, 3.63) is 40.3 Å². The van der Waals surface area contributed by atoms with Gasteiger partial charge in [-0.25, -0.2) is 4.68 Å². The Kier molecular flexibility index (Phi) is 7.80. The number of hydrogen-bond donors (Lipinski definition) is 1. The van der Waals surface area contributed by atoms with Crippen LogP contribution in [0.5, 0.6) is 0 Å². The summed E-state index contributed by atoms with van der Waals surface area (Å²) in [5.74, 6) is 0.412. The summed E-state index contributed by atoms with van der Waals surface area (Å²) in [6.45, 7) is 5.08. The fourth-order valence-electron chi connectivity index (χ4n) is 3.68. The first kappa shape index (κ1) is 21.4. The second-order valence-electron chi connectivity index (χ2n) is 7.09. The van der Waals surface area contributed by atoms with E-state index in [0.717, 1.165) is 45.3 Å². The topological polar surface area (TPSA) is 67.2 Å². The SMILES string of the molecule is CCCCCn1nc(C(=O)N2CCC(CNC)C2)c2ccccc2c1=O.Cl. The molecule has 1 aromatic heterocycles. The van der Waals surface area contributed by atoms with Crippen LogP contribution < -0.4 is 10.9 Å². The van der Waals surface area contributed by atoms with Gasteiger partial charge in [-0.3, -0.25) is 9.59 Å². The number of amides is 1. The minimum Gasteiger partial charge on any atom is -0.337 e. The first-order valence-corrected chi connectivity index (χ1v) is 9.59. The number of carbonyl (C=O) groups excluding carboxylic acids is 1. The van der Waals surface area contributed by atoms with Crippen LogP contribution in [-0.2, 0) is 6.54 Å². The van der Waals surface area contributed by atoms with Gasteiger partial charge in [0.15, 0.2) is 5.69 Å². The normalized spacial score (nSPS) is 16.5. The van der Waals surface area contributed by atoms with Gasteiger partial charge in [-0.15, -0.1) is 12.4 Å². The molecule has 1 saturated heterocycles. The number of fused-ring (bicyclic) bond motifs is 1. The molecule has 1 aliphatic rings. The maximum Gasteiger partial charge on any atom is 0.274 e. The number of aryl methyl sites for hydroxylation is 1. The van der Waals surface area contributed by atoms with Crippen LogP contribution in [0.25, 0.3) is 10.8 Å². The van der Waals surface area contributed by atoms with E-state index >= 15 is 0 Å². The van der Waals surface area contributed by atoms with E-state index in [-0.39, 0.29) is 23.9 Å². The molecule has 1 N–H and O–H groups in total. The molecule has 0 spiro atoms. The van der Waals surface area contributed by atoms with Crippen LogP contribution in [0.1, 0.15) is 43.1 Å². The van der Waals surface area contributed by atoms with Crippen molar-refractivity contribution in [3.63, 3.8) is 0 Å². The summed E-state index contributed by atoms with van der Waals surface area (Å²) in [5, 5.41) is 8.91. The molecule has 0 bridgehead atoms. The maximum atomic E-state index is 13.1. The molecule has 2 heterocycles. The third-order valence-electron chi connectivity index (χ3n) is 5.11. The molecule has 1 fully saturated rings. The van der Waals surface area contributed by atoms with Gasteiger partial charge < -0.3 is 10.2 Å². The lowest BCUT2D eigenvalue weighted by atomic mass is 10.1. The van der Waals surface area contributed by atoms with Crippen LogP contribution in [0.3, 0.4) is 0 Å². The van der Waals surface area contributed by atoms with E-state index in [1.165, 1.54) is 4.68 Å². The molecule has 1 atom stereocenters. The standard InChI is InChI=1S/C20H28N4O2.ClH/c1-3-4-7-11-24-19(25)17-9-6-5-8-16(17)18(22-24)20(26)23-12-10-15(14-23)13-21-2;/h5-6,8-9,15,21H,3-4,7,10-14H2,1-2H3;1H. The molecule has 0 saturated carbocycles. The lowest BCUT2D eigenvalue weighted by molar-refractivity contribution is 0.0781. The van der Waals surface area contributed by atoms with E-state index < -0.39 is 0 Å². The quantitative estimate of drug-likeness (QED) is 0.735. The fourth-order valence-corrected chi connectivity index (χ4v) is 3.68. The largest absolute Gasteiger partial charge is 0.337 e. The number of rotatable bonds is 7. The van der Waals surface area contributed by atoms with Gasteiger partial charge in [0.2, 0.25) is 0 Å². The average Bonchev–Trinajstić information content (AvgIpc) is 3.12. The molecule has 1 unspecified atom stereocenters. The number of unbranched alkanes of at least 4 members (excludes halogenated alkanes) is 2. The first-order valence-electron chi connectivity index (χ1n) is 9.59. The lowest BCUT2D eigenvalue weighted by Crippen LogP contribution is -2.34. The minimum atomic E-state index is -0.109. The number of carbonyl (C=O) groups is 1. The average molecular weight is 393 g/mol. The van der Waals surface area contributed by atoms with E-state index in [4.69, 9.17) is 0 Å². The van der Waals surface area contributed by atoms with E-state index in [9.17, 15) is 9.59 Å². The monoisotopic (exact) mass is 392 g/mol. The maximum absolute atomic E-state index is 13.1. The Bertz CT molecular complexity index is 836. The molecular formula is C20H29ClN4O2. The Morgan fingerprint density at radius 3 is 2.70 bits per heavy atom. The van der Waals surface area contributed by atoms with Crippen LogP contribution in [0, 0.1) is 5.92 Å². The molecule has 0 radical (unpaired) electrons. The molecule has 148 valence electrons. The summed E-state index contributed by atoms with van der Waals surface area (Å²) in [4.78, 5) is 27.7. The Hall–Kier alpha value is -1.92. The highest BCUT2D eigenvalue weighted by molar-refractivity contribution is 6.04. The predicted molar refractivity (Wildman–Crippen MR) is 111 cm³/mol. The highest BCUT2D eigenvalue weighted by Gasteiger charge is 2.29. The van der Waals surface area contributed by atoms with Crippen LogP contribution in [-0.4, -0.2) is 47.3 Å². The zero-order chi connectivity index (χ0) is 18.5. The molecule has 1 aromatic carbocycles. The Labute approximate surface area is 166 Å². The zero-order valence-corrected chi connectivity index (χ0v) is 16.9. The van der Waals surface area contributed by atoms with Crippen molar-refractivity contribution < 1.29 is 4.79 Å². The smallest absolute Gasteiger partial charge is 0.274 e. The van der Waals surface area contributed by atoms with Crippen molar-refractivity contribution in [2.75, 3.05) is 26.7 Å². The van der Waals surface area contributed by atoms with Crippen LogP contribution in [0.4, 0.5) is 0 Å². The summed E-state index contributed by atoms with van der Waals surface area (Å²) in [6.07, 6.45) is 4.01. The van der Waals surface area contributed by atoms with Gasteiger partial charge in [-0.2, -0.15) is 5.10 Å². The number of nitrogens with zero attached hydrogens (tertiary/aromatic N) is 3. The Balaban J connectivity index is 0.00000261. The van der Waals surface area contributed by atoms with Gasteiger partial charge in [-0.1, -0.05) is 38.0 Å². The van der Waals surface area contributed by atoms with Gasteiger partial charge in [0.1, 0.15) is 0 Å². The molecule has 2 aromatic rings. The Morgan fingerprint density at radius 2 is 2.00 bits per heavy atom. The van der Waals surface area contributed by atoms with Gasteiger partial charge >= 0.3 is 0 Å². The molecule has 7 heteroatoms. The second-order valence-corrected chi connectivity index (χ2v) is 7.09. The number of nitrogens with one attached hydrogen (secondary N) is 1. The lowest BCUT2D eigenvalue weighted by Gasteiger charge is -2.18. The third-order valence-corrected chi connectivity index (χ3v) is 5.11. The number of likely N-dealkylation sites (tertiary alicyclic amines) is 1. The first-order chi connectivity index (χ1) is 12.7. The van der Waals surface area contributed by atoms with E-state index in [1.807, 2.05) is 30.1 Å². The Morgan fingerprint density at radius 1 is 1.26 bits per heavy atom. The van der Waals surface area contributed by atoms with Crippen molar-refractivity contribution in [1.29, 1.82) is 0 Å². The highest BCUT2D eigenvalue weighted by atomic mass is 35.5.